The standard InChI is InChI=1S/C24H39N3O2/c1-15(25)14-16(2)26-18(4)27-17(3)20-12-8-9-13-21(20)22(23(27)24(28)29)19-10-6-5-7-11-19/h8-9,12-13,15-19,22-23,26H,5-7,10-11,14,25H2,1-4H3,(H,28,29). The summed E-state index contributed by atoms with van der Waals surface area (Å²) in [5.74, 6) is -0.210. The monoisotopic (exact) mass is 401 g/mol. The van der Waals surface area contributed by atoms with Crippen molar-refractivity contribution in [2.75, 3.05) is 0 Å². The molecular weight excluding hydrogens is 362 g/mol. The first-order valence-corrected chi connectivity index (χ1v) is 11.4. The van der Waals surface area contributed by atoms with E-state index in [1.165, 1.54) is 30.4 Å². The Bertz CT molecular complexity index is 686. The van der Waals surface area contributed by atoms with Crippen LogP contribution < -0.4 is 11.1 Å². The van der Waals surface area contributed by atoms with Crippen molar-refractivity contribution >= 4 is 5.97 Å². The number of carbonyl (C=O) groups is 1. The summed E-state index contributed by atoms with van der Waals surface area (Å²) in [6, 6.07) is 8.43. The van der Waals surface area contributed by atoms with E-state index in [1.54, 1.807) is 0 Å². The molecule has 29 heavy (non-hydrogen) atoms. The zero-order valence-corrected chi connectivity index (χ0v) is 18.5. The molecule has 1 heterocycles. The second-order valence-electron chi connectivity index (χ2n) is 9.42. The van der Waals surface area contributed by atoms with Crippen LogP contribution in [0.25, 0.3) is 0 Å². The molecule has 0 bridgehead atoms. The molecule has 1 aromatic carbocycles. The van der Waals surface area contributed by atoms with E-state index in [2.05, 4.69) is 55.3 Å². The zero-order chi connectivity index (χ0) is 21.1. The number of nitrogens with two attached hydrogens (primary N) is 1. The van der Waals surface area contributed by atoms with Gasteiger partial charge in [0.05, 0.1) is 6.17 Å². The third-order valence-electron chi connectivity index (χ3n) is 7.02. The lowest BCUT2D eigenvalue weighted by Crippen LogP contribution is -2.59. The lowest BCUT2D eigenvalue weighted by Gasteiger charge is -2.50. The Kier molecular flexibility index (Phi) is 7.36. The van der Waals surface area contributed by atoms with Gasteiger partial charge in [0, 0.05) is 24.0 Å². The number of nitrogens with one attached hydrogen (secondary N) is 1. The molecule has 0 radical (unpaired) electrons. The summed E-state index contributed by atoms with van der Waals surface area (Å²) in [5, 5.41) is 14.0. The van der Waals surface area contributed by atoms with E-state index < -0.39 is 12.0 Å². The van der Waals surface area contributed by atoms with Gasteiger partial charge in [0.2, 0.25) is 0 Å². The lowest BCUT2D eigenvalue weighted by molar-refractivity contribution is -0.149. The van der Waals surface area contributed by atoms with Crippen LogP contribution in [0.5, 0.6) is 0 Å². The Balaban J connectivity index is 1.97. The molecule has 3 rings (SSSR count). The largest absolute Gasteiger partial charge is 0.480 e. The minimum Gasteiger partial charge on any atom is -0.480 e. The highest BCUT2D eigenvalue weighted by atomic mass is 16.4. The van der Waals surface area contributed by atoms with Gasteiger partial charge in [-0.1, -0.05) is 43.5 Å². The molecule has 1 fully saturated rings. The third kappa shape index (κ3) is 4.84. The first-order valence-electron chi connectivity index (χ1n) is 11.4. The first kappa shape index (κ1) is 22.3. The van der Waals surface area contributed by atoms with Gasteiger partial charge in [-0.3, -0.25) is 15.0 Å². The highest BCUT2D eigenvalue weighted by molar-refractivity contribution is 5.76. The Labute approximate surface area is 176 Å². The van der Waals surface area contributed by atoms with Crippen LogP contribution in [0.2, 0.25) is 0 Å². The average molecular weight is 402 g/mol. The van der Waals surface area contributed by atoms with Crippen molar-refractivity contribution in [1.29, 1.82) is 0 Å². The number of nitrogens with zero attached hydrogens (tertiary/aromatic N) is 1. The van der Waals surface area contributed by atoms with Gasteiger partial charge in [-0.05, 0) is 64.0 Å². The van der Waals surface area contributed by atoms with Gasteiger partial charge < -0.3 is 10.8 Å². The number of fused-ring (bicyclic) bond motifs is 1. The minimum absolute atomic E-state index is 0.0423. The van der Waals surface area contributed by atoms with Crippen molar-refractivity contribution in [2.45, 2.75) is 102 Å². The predicted octanol–water partition coefficient (Wildman–Crippen LogP) is 4.24. The molecule has 1 aliphatic carbocycles. The van der Waals surface area contributed by atoms with Crippen LogP contribution in [0, 0.1) is 5.92 Å². The molecule has 4 N–H and O–H groups in total. The number of rotatable bonds is 7. The average Bonchev–Trinajstić information content (AvgIpc) is 2.67. The van der Waals surface area contributed by atoms with Gasteiger partial charge in [-0.2, -0.15) is 0 Å². The minimum atomic E-state index is -0.699. The van der Waals surface area contributed by atoms with Gasteiger partial charge in [-0.15, -0.1) is 0 Å². The molecule has 1 saturated carbocycles. The molecule has 5 heteroatoms. The van der Waals surface area contributed by atoms with Gasteiger partial charge >= 0.3 is 5.97 Å². The summed E-state index contributed by atoms with van der Waals surface area (Å²) in [6.45, 7) is 8.41. The predicted molar refractivity (Wildman–Crippen MR) is 118 cm³/mol. The van der Waals surface area contributed by atoms with Gasteiger partial charge in [0.25, 0.3) is 0 Å². The van der Waals surface area contributed by atoms with E-state index in [0.29, 0.717) is 5.92 Å². The van der Waals surface area contributed by atoms with Crippen LogP contribution >= 0.6 is 0 Å². The van der Waals surface area contributed by atoms with Crippen molar-refractivity contribution in [3.8, 4) is 0 Å². The zero-order valence-electron chi connectivity index (χ0n) is 18.5. The fourth-order valence-electron chi connectivity index (χ4n) is 5.94. The Hall–Kier alpha value is -1.43. The van der Waals surface area contributed by atoms with Gasteiger partial charge in [-0.25, -0.2) is 0 Å². The van der Waals surface area contributed by atoms with E-state index in [1.807, 2.05) is 6.92 Å². The summed E-state index contributed by atoms with van der Waals surface area (Å²) in [4.78, 5) is 14.9. The van der Waals surface area contributed by atoms with Crippen LogP contribution in [-0.4, -0.2) is 40.3 Å². The van der Waals surface area contributed by atoms with E-state index in [4.69, 9.17) is 5.73 Å². The molecule has 162 valence electrons. The van der Waals surface area contributed by atoms with Crippen LogP contribution in [-0.2, 0) is 4.79 Å². The molecule has 6 atom stereocenters. The fraction of sp³-hybridized carbons (Fsp3) is 0.708. The number of carboxylic acids is 1. The van der Waals surface area contributed by atoms with E-state index in [0.717, 1.165) is 19.3 Å². The number of benzene rings is 1. The summed E-state index contributed by atoms with van der Waals surface area (Å²) in [7, 11) is 0. The molecule has 0 amide bonds. The number of aliphatic carboxylic acids is 1. The number of hydrogen-bond donors (Lipinski definition) is 3. The topological polar surface area (TPSA) is 78.6 Å². The normalized spacial score (nSPS) is 29.1. The molecule has 6 unspecified atom stereocenters. The maximum atomic E-state index is 12.7. The van der Waals surface area contributed by atoms with E-state index in [-0.39, 0.29) is 30.2 Å². The SMILES string of the molecule is CC(N)CC(C)NC(C)N1C(C)c2ccccc2C(C2CCCCC2)C1C(=O)O. The highest BCUT2D eigenvalue weighted by Crippen LogP contribution is 2.48. The van der Waals surface area contributed by atoms with Crippen molar-refractivity contribution in [3.63, 3.8) is 0 Å². The van der Waals surface area contributed by atoms with E-state index >= 15 is 0 Å². The Morgan fingerprint density at radius 2 is 1.79 bits per heavy atom. The molecule has 0 spiro atoms. The van der Waals surface area contributed by atoms with Crippen LogP contribution in [0.15, 0.2) is 24.3 Å². The fourth-order valence-corrected chi connectivity index (χ4v) is 5.94. The van der Waals surface area contributed by atoms with Crippen LogP contribution in [0.4, 0.5) is 0 Å². The molecule has 5 nitrogen and oxygen atoms in total. The summed E-state index contributed by atoms with van der Waals surface area (Å²) in [6.07, 6.45) is 6.79. The summed E-state index contributed by atoms with van der Waals surface area (Å²) >= 11 is 0. The van der Waals surface area contributed by atoms with E-state index in [9.17, 15) is 9.90 Å². The lowest BCUT2D eigenvalue weighted by atomic mass is 9.69. The maximum Gasteiger partial charge on any atom is 0.321 e. The quantitative estimate of drug-likeness (QED) is 0.637. The number of hydrogen-bond acceptors (Lipinski definition) is 4. The first-order chi connectivity index (χ1) is 13.8. The maximum absolute atomic E-state index is 12.7. The Morgan fingerprint density at radius 3 is 2.38 bits per heavy atom. The van der Waals surface area contributed by atoms with Crippen molar-refractivity contribution < 1.29 is 9.90 Å². The van der Waals surface area contributed by atoms with Gasteiger partial charge in [0.15, 0.2) is 0 Å². The molecule has 2 aliphatic rings. The molecule has 0 saturated heterocycles. The van der Waals surface area contributed by atoms with Gasteiger partial charge in [0.1, 0.15) is 6.04 Å². The van der Waals surface area contributed by atoms with Crippen molar-refractivity contribution in [1.82, 2.24) is 10.2 Å². The second-order valence-corrected chi connectivity index (χ2v) is 9.42. The van der Waals surface area contributed by atoms with Crippen molar-refractivity contribution in [3.05, 3.63) is 35.4 Å². The molecular formula is C24H39N3O2. The summed E-state index contributed by atoms with van der Waals surface area (Å²) < 4.78 is 0. The number of carboxylic acid groups (broad SMARTS) is 1. The van der Waals surface area contributed by atoms with Crippen LogP contribution in [0.1, 0.15) is 89.3 Å². The van der Waals surface area contributed by atoms with Crippen LogP contribution in [0.3, 0.4) is 0 Å². The summed E-state index contributed by atoms with van der Waals surface area (Å²) in [5.41, 5.74) is 8.53. The Morgan fingerprint density at radius 1 is 1.17 bits per heavy atom. The molecule has 1 aliphatic heterocycles. The second kappa shape index (κ2) is 9.59. The van der Waals surface area contributed by atoms with Crippen molar-refractivity contribution in [2.24, 2.45) is 11.7 Å². The molecule has 0 aromatic heterocycles. The highest BCUT2D eigenvalue weighted by Gasteiger charge is 2.47. The third-order valence-corrected chi connectivity index (χ3v) is 7.02. The molecule has 1 aromatic rings. The smallest absolute Gasteiger partial charge is 0.321 e.